The van der Waals surface area contributed by atoms with Crippen molar-refractivity contribution < 1.29 is 19.2 Å². The maximum atomic E-state index is 13.9. The van der Waals surface area contributed by atoms with Crippen molar-refractivity contribution in [3.63, 3.8) is 0 Å². The molecule has 3 saturated carbocycles. The fourth-order valence-corrected chi connectivity index (χ4v) is 12.2. The Morgan fingerprint density at radius 3 is 2.07 bits per heavy atom. The molecule has 0 radical (unpaired) electrons. The Bertz CT molecular complexity index is 2260. The maximum absolute atomic E-state index is 13.9. The number of nitrogens with zero attached hydrogens (tertiary/aromatic N) is 1. The number of carbonyl (C=O) groups is 4. The van der Waals surface area contributed by atoms with Crippen molar-refractivity contribution >= 4 is 64.2 Å². The summed E-state index contributed by atoms with van der Waals surface area (Å²) in [5.41, 5.74) is 20.1. The molecule has 1 amide bonds. The van der Waals surface area contributed by atoms with Gasteiger partial charge in [0.2, 0.25) is 5.91 Å². The van der Waals surface area contributed by atoms with Crippen LogP contribution in [0.3, 0.4) is 0 Å². The number of benzene rings is 3. The molecule has 0 atom stereocenters. The lowest BCUT2D eigenvalue weighted by Crippen LogP contribution is -2.33. The van der Waals surface area contributed by atoms with Crippen LogP contribution in [-0.2, 0) is 20.9 Å². The molecule has 7 N–H and O–H groups in total. The van der Waals surface area contributed by atoms with Crippen molar-refractivity contribution in [1.29, 1.82) is 0 Å². The summed E-state index contributed by atoms with van der Waals surface area (Å²) in [7, 11) is 0. The third kappa shape index (κ3) is 16.3. The highest BCUT2D eigenvalue weighted by Crippen LogP contribution is 2.43. The van der Waals surface area contributed by atoms with E-state index < -0.39 is 0 Å². The van der Waals surface area contributed by atoms with Gasteiger partial charge < -0.3 is 27.0 Å². The SMILES string of the molecule is CC1(CCCCN/C=C(\N)CCC(=O)CC2CCC2)CCC(SNSc2ccc(C(=O)CCCCN/C3=C(\N)c4ccccc4CN(C(=O)CCCCC(=O)CC4CCC4)c4ccccc43)cc2)CC1. The van der Waals surface area contributed by atoms with Crippen molar-refractivity contribution in [2.24, 2.45) is 28.7 Å². The number of fused-ring (bicyclic) bond motifs is 2. The molecular weight excluding hydrogens is 909 g/mol. The van der Waals surface area contributed by atoms with Gasteiger partial charge in [-0.1, -0.05) is 118 Å². The third-order valence-corrected chi connectivity index (χ3v) is 17.4. The lowest BCUT2D eigenvalue weighted by molar-refractivity contribution is -0.121. The van der Waals surface area contributed by atoms with E-state index >= 15 is 0 Å². The van der Waals surface area contributed by atoms with Crippen molar-refractivity contribution in [3.05, 3.63) is 107 Å². The number of allylic oxidation sites excluding steroid dienone is 1. The number of unbranched alkanes of at least 4 members (excludes halogenated alkanes) is 3. The molecule has 3 aliphatic carbocycles. The highest BCUT2D eigenvalue weighted by atomic mass is 32.2. The van der Waals surface area contributed by atoms with Gasteiger partial charge in [-0.15, -0.1) is 0 Å². The number of nitrogens with one attached hydrogen (secondary N) is 3. The summed E-state index contributed by atoms with van der Waals surface area (Å²) in [6.07, 6.45) is 24.7. The Morgan fingerprint density at radius 1 is 0.714 bits per heavy atom. The molecule has 12 heteroatoms. The first kappa shape index (κ1) is 53.3. The van der Waals surface area contributed by atoms with Crippen LogP contribution in [0.5, 0.6) is 0 Å². The highest BCUT2D eigenvalue weighted by Gasteiger charge is 2.31. The van der Waals surface area contributed by atoms with E-state index in [0.717, 1.165) is 82.9 Å². The summed E-state index contributed by atoms with van der Waals surface area (Å²) in [4.78, 5) is 54.8. The van der Waals surface area contributed by atoms with Crippen LogP contribution in [0.4, 0.5) is 5.69 Å². The molecule has 0 spiro atoms. The Morgan fingerprint density at radius 2 is 1.36 bits per heavy atom. The molecule has 378 valence electrons. The van der Waals surface area contributed by atoms with Gasteiger partial charge in [-0.3, -0.25) is 19.2 Å². The van der Waals surface area contributed by atoms with Gasteiger partial charge >= 0.3 is 0 Å². The van der Waals surface area contributed by atoms with E-state index in [1.807, 2.05) is 95.8 Å². The molecule has 0 bridgehead atoms. The van der Waals surface area contributed by atoms with Crippen molar-refractivity contribution in [3.8, 4) is 0 Å². The molecule has 0 unspecified atom stereocenters. The zero-order valence-electron chi connectivity index (χ0n) is 41.9. The van der Waals surface area contributed by atoms with E-state index in [1.165, 1.54) is 77.0 Å². The topological polar surface area (TPSA) is 160 Å². The fraction of sp³-hybridized carbons (Fsp3) is 0.552. The van der Waals surface area contributed by atoms with Gasteiger partial charge in [0.05, 0.1) is 23.6 Å². The molecule has 4 aliphatic rings. The first-order valence-electron chi connectivity index (χ1n) is 26.7. The van der Waals surface area contributed by atoms with Gasteiger partial charge in [0.1, 0.15) is 11.6 Å². The van der Waals surface area contributed by atoms with Gasteiger partial charge in [-0.05, 0) is 124 Å². The van der Waals surface area contributed by atoms with Gasteiger partial charge in [0, 0.05) is 90.3 Å². The van der Waals surface area contributed by atoms with Crippen LogP contribution in [-0.4, -0.2) is 41.6 Å². The number of hydrogen-bond donors (Lipinski definition) is 5. The van der Waals surface area contributed by atoms with Gasteiger partial charge in [-0.2, -0.15) is 0 Å². The largest absolute Gasteiger partial charge is 0.401 e. The molecule has 1 heterocycles. The number of para-hydroxylation sites is 1. The summed E-state index contributed by atoms with van der Waals surface area (Å²) >= 11 is 3.45. The molecular formula is C58H80N6O4S2. The first-order chi connectivity index (χ1) is 34.0. The predicted octanol–water partition coefficient (Wildman–Crippen LogP) is 12.6. The van der Waals surface area contributed by atoms with E-state index in [-0.39, 0.29) is 11.7 Å². The quantitative estimate of drug-likeness (QED) is 0.0256. The molecule has 3 aromatic carbocycles. The number of amides is 1. The first-order valence-corrected chi connectivity index (χ1v) is 28.4. The molecule has 0 saturated heterocycles. The van der Waals surface area contributed by atoms with Crippen molar-refractivity contribution in [2.75, 3.05) is 18.0 Å². The zero-order chi connectivity index (χ0) is 49.1. The molecule has 7 rings (SSSR count). The number of hydrogen-bond acceptors (Lipinski definition) is 11. The van der Waals surface area contributed by atoms with Crippen LogP contribution < -0.4 is 31.1 Å². The number of ketones is 3. The van der Waals surface area contributed by atoms with Crippen LogP contribution in [0.25, 0.3) is 11.4 Å². The number of rotatable bonds is 29. The van der Waals surface area contributed by atoms with Crippen LogP contribution in [0.1, 0.15) is 188 Å². The Kier molecular flexibility index (Phi) is 20.8. The third-order valence-electron chi connectivity index (χ3n) is 15.4. The van der Waals surface area contributed by atoms with Gasteiger partial charge in [0.15, 0.2) is 5.78 Å². The smallest absolute Gasteiger partial charge is 0.227 e. The van der Waals surface area contributed by atoms with E-state index in [0.29, 0.717) is 97.8 Å². The standard InChI is InChI=1S/C58H80N6O4S2/c1-58(33-9-11-36-61-40-46(59)27-28-48(66)39-43-16-13-17-43)34-31-50(32-35-58)70-63-69-49-29-25-44(26-30-49)54(67)23-8-10-37-62-57-52-21-5-6-22-53(52)64(41-45-18-2-4-20-51(45)56(57)60)55(68)24-7-3-19-47(65)38-42-14-12-15-42/h2,4-6,18,20-22,25-26,29-30,40,42-43,50,61-63H,3,7-17,19,23-24,27-28,31-39,41,59-60H2,1H3/b46-40-,57-56-. The van der Waals surface area contributed by atoms with Crippen LogP contribution in [0.2, 0.25) is 0 Å². The van der Waals surface area contributed by atoms with Gasteiger partial charge in [0.25, 0.3) is 0 Å². The minimum absolute atomic E-state index is 0.0425. The lowest BCUT2D eigenvalue weighted by atomic mass is 9.72. The number of Topliss-reactive ketones (excluding diaryl/α,β-unsaturated/α-hetero) is 3. The van der Waals surface area contributed by atoms with Gasteiger partial charge in [-0.25, -0.2) is 4.13 Å². The van der Waals surface area contributed by atoms with E-state index in [9.17, 15) is 19.2 Å². The normalized spacial score (nSPS) is 20.6. The zero-order valence-corrected chi connectivity index (χ0v) is 43.5. The second-order valence-corrected chi connectivity index (χ2v) is 23.2. The fourth-order valence-electron chi connectivity index (χ4n) is 10.4. The van der Waals surface area contributed by atoms with Crippen molar-refractivity contribution in [1.82, 2.24) is 14.8 Å². The number of carbonyl (C=O) groups excluding carboxylic acids is 4. The molecule has 10 nitrogen and oxygen atoms in total. The molecule has 3 aromatic rings. The molecule has 1 aliphatic heterocycles. The lowest BCUT2D eigenvalue weighted by Gasteiger charge is -2.37. The number of anilines is 1. The predicted molar refractivity (Wildman–Crippen MR) is 290 cm³/mol. The van der Waals surface area contributed by atoms with Crippen molar-refractivity contribution in [2.45, 2.75) is 178 Å². The van der Waals surface area contributed by atoms with Crippen LogP contribution in [0.15, 0.2) is 89.6 Å². The van der Waals surface area contributed by atoms with E-state index in [1.54, 1.807) is 11.9 Å². The summed E-state index contributed by atoms with van der Waals surface area (Å²) in [5.74, 6) is 2.07. The summed E-state index contributed by atoms with van der Waals surface area (Å²) in [6.45, 7) is 4.42. The number of nitrogens with two attached hydrogens (primary N) is 2. The monoisotopic (exact) mass is 989 g/mol. The van der Waals surface area contributed by atoms with Crippen LogP contribution >= 0.6 is 23.9 Å². The summed E-state index contributed by atoms with van der Waals surface area (Å²) in [6, 6.07) is 23.9. The molecule has 3 fully saturated rings. The van der Waals surface area contributed by atoms with E-state index in [4.69, 9.17) is 11.5 Å². The Balaban J connectivity index is 0.782. The Labute approximate surface area is 427 Å². The maximum Gasteiger partial charge on any atom is 0.227 e. The second kappa shape index (κ2) is 27.3. The summed E-state index contributed by atoms with van der Waals surface area (Å²) < 4.78 is 3.53. The van der Waals surface area contributed by atoms with E-state index in [2.05, 4.69) is 21.7 Å². The minimum atomic E-state index is 0.0425. The average molecular weight is 989 g/mol. The highest BCUT2D eigenvalue weighted by molar-refractivity contribution is 8.13. The van der Waals surface area contributed by atoms with Crippen LogP contribution in [0, 0.1) is 17.3 Å². The minimum Gasteiger partial charge on any atom is -0.401 e. The average Bonchev–Trinajstić information content (AvgIpc) is 3.34. The Hall–Kier alpha value is -4.52. The second-order valence-electron chi connectivity index (χ2n) is 21.0. The molecule has 0 aromatic heterocycles. The molecule has 70 heavy (non-hydrogen) atoms. The summed E-state index contributed by atoms with van der Waals surface area (Å²) in [5, 5.41) is 7.59.